The third-order valence-electron chi connectivity index (χ3n) is 6.64. The highest BCUT2D eigenvalue weighted by atomic mass is 35.5. The number of ether oxygens (including phenoxy) is 1. The van der Waals surface area contributed by atoms with E-state index in [4.69, 9.17) is 32.5 Å². The highest BCUT2D eigenvalue weighted by Crippen LogP contribution is 2.44. The van der Waals surface area contributed by atoms with E-state index in [2.05, 4.69) is 0 Å². The number of methoxy groups -OCH3 is 1. The molecule has 1 unspecified atom stereocenters. The Bertz CT molecular complexity index is 1640. The van der Waals surface area contributed by atoms with Crippen molar-refractivity contribution in [1.82, 2.24) is 14.2 Å². The number of aromatic nitrogens is 2. The van der Waals surface area contributed by atoms with Crippen LogP contribution in [0.25, 0.3) is 5.69 Å². The molecular weight excluding hydrogens is 531 g/mol. The largest absolute Gasteiger partial charge is 0.496 e. The molecule has 2 amide bonds. The summed E-state index contributed by atoms with van der Waals surface area (Å²) in [7, 11) is 1.56. The molecule has 1 fully saturated rings. The monoisotopic (exact) mass is 554 g/mol. The molecule has 1 saturated heterocycles. The molecular formula is C27H24Cl2N4O5. The van der Waals surface area contributed by atoms with Crippen LogP contribution in [0.4, 0.5) is 10.5 Å². The van der Waals surface area contributed by atoms with Crippen LogP contribution in [0.1, 0.15) is 25.6 Å². The molecule has 4 aromatic rings. The second-order valence-electron chi connectivity index (χ2n) is 9.34. The summed E-state index contributed by atoms with van der Waals surface area (Å²) in [4.78, 5) is 43.7. The van der Waals surface area contributed by atoms with Gasteiger partial charge in [-0.25, -0.2) is 14.4 Å². The highest BCUT2D eigenvalue weighted by molar-refractivity contribution is 6.31. The number of urea groups is 1. The zero-order valence-corrected chi connectivity index (χ0v) is 22.3. The van der Waals surface area contributed by atoms with Gasteiger partial charge in [0.15, 0.2) is 6.17 Å². The minimum Gasteiger partial charge on any atom is -0.496 e. The first-order valence-corrected chi connectivity index (χ1v) is 12.5. The van der Waals surface area contributed by atoms with Gasteiger partial charge in [-0.1, -0.05) is 53.5 Å². The first-order valence-electron chi connectivity index (χ1n) is 11.7. The first kappa shape index (κ1) is 25.7. The number of nitrogens with zero attached hydrogens (tertiary/aromatic N) is 4. The van der Waals surface area contributed by atoms with E-state index in [0.717, 1.165) is 14.9 Å². The Kier molecular flexibility index (Phi) is 6.58. The molecule has 0 saturated carbocycles. The van der Waals surface area contributed by atoms with Gasteiger partial charge in [0.25, 0.3) is 0 Å². The Morgan fingerprint density at radius 3 is 2.18 bits per heavy atom. The molecule has 196 valence electrons. The van der Waals surface area contributed by atoms with E-state index in [1.165, 1.54) is 11.0 Å². The molecule has 1 aliphatic heterocycles. The van der Waals surface area contributed by atoms with E-state index in [0.29, 0.717) is 21.5 Å². The van der Waals surface area contributed by atoms with Crippen LogP contribution in [-0.4, -0.2) is 32.9 Å². The summed E-state index contributed by atoms with van der Waals surface area (Å²) in [5, 5.41) is 0.752. The maximum absolute atomic E-state index is 14.0. The van der Waals surface area contributed by atoms with E-state index >= 15 is 0 Å². The average molecular weight is 555 g/mol. The lowest BCUT2D eigenvalue weighted by Gasteiger charge is -2.34. The summed E-state index contributed by atoms with van der Waals surface area (Å²) >= 11 is 12.4. The molecule has 2 heterocycles. The summed E-state index contributed by atoms with van der Waals surface area (Å²) in [6.45, 7) is 3.79. The molecule has 1 aliphatic rings. The summed E-state index contributed by atoms with van der Waals surface area (Å²) in [6.07, 6.45) is -1.04. The number of para-hydroxylation sites is 1. The molecule has 5 rings (SSSR count). The highest BCUT2D eigenvalue weighted by Gasteiger charge is 2.55. The fourth-order valence-corrected chi connectivity index (χ4v) is 5.18. The van der Waals surface area contributed by atoms with Crippen LogP contribution in [0.3, 0.4) is 0 Å². The lowest BCUT2D eigenvalue weighted by molar-refractivity contribution is 0.0927. The lowest BCUT2D eigenvalue weighted by Crippen LogP contribution is -2.46. The van der Waals surface area contributed by atoms with Crippen LogP contribution in [0.5, 0.6) is 5.75 Å². The topological polar surface area (TPSA) is 89.9 Å². The number of hydrogen-bond acceptors (Lipinski definition) is 5. The van der Waals surface area contributed by atoms with Crippen LogP contribution >= 0.6 is 23.2 Å². The Morgan fingerprint density at radius 1 is 0.895 bits per heavy atom. The van der Waals surface area contributed by atoms with Crippen molar-refractivity contribution < 1.29 is 14.1 Å². The van der Waals surface area contributed by atoms with Gasteiger partial charge in [0.1, 0.15) is 5.75 Å². The van der Waals surface area contributed by atoms with Crippen LogP contribution in [0.15, 0.2) is 86.9 Å². The van der Waals surface area contributed by atoms with Gasteiger partial charge < -0.3 is 14.2 Å². The zero-order valence-electron chi connectivity index (χ0n) is 20.8. The van der Waals surface area contributed by atoms with Crippen molar-refractivity contribution in [3.63, 3.8) is 0 Å². The summed E-state index contributed by atoms with van der Waals surface area (Å²) in [5.74, 6) is -0.292. The van der Waals surface area contributed by atoms with Crippen molar-refractivity contribution in [2.24, 2.45) is 0 Å². The van der Waals surface area contributed by atoms with Crippen molar-refractivity contribution in [2.45, 2.75) is 32.1 Å². The van der Waals surface area contributed by atoms with E-state index in [9.17, 15) is 14.4 Å². The number of hydrogen-bond donors (Lipinski definition) is 0. The number of anilines is 1. The molecule has 0 aliphatic carbocycles. The quantitative estimate of drug-likeness (QED) is 0.321. The van der Waals surface area contributed by atoms with E-state index in [1.54, 1.807) is 68.3 Å². The Labute approximate surface area is 227 Å². The van der Waals surface area contributed by atoms with Crippen LogP contribution in [0.2, 0.25) is 10.0 Å². The molecule has 1 aromatic heterocycles. The molecule has 38 heavy (non-hydrogen) atoms. The lowest BCUT2D eigenvalue weighted by atomic mass is 9.99. The Balaban J connectivity index is 1.69. The summed E-state index contributed by atoms with van der Waals surface area (Å²) < 4.78 is 12.8. The van der Waals surface area contributed by atoms with Gasteiger partial charge in [-0.15, -0.1) is 4.74 Å². The fourth-order valence-electron chi connectivity index (χ4n) is 4.81. The van der Waals surface area contributed by atoms with Gasteiger partial charge in [0.05, 0.1) is 24.9 Å². The number of carbonyl (C=O) groups is 1. The standard InChI is InChI=1S/C27H24Cl2N4O5/c1-27(2)23(33-25(35)32(26(36)38-33)21-12-7-10-19(29)15-21)31(20-11-6-9-18(28)14-20)24(34)30(27)16-17-8-4-5-13-22(17)37-3/h4-15,23H,16H2,1-3H3. The van der Waals surface area contributed by atoms with Gasteiger partial charge in [-0.2, -0.15) is 4.57 Å². The van der Waals surface area contributed by atoms with E-state index in [-0.39, 0.29) is 12.2 Å². The van der Waals surface area contributed by atoms with Gasteiger partial charge in [0, 0.05) is 21.3 Å². The van der Waals surface area contributed by atoms with Crippen molar-refractivity contribution in [3.8, 4) is 11.4 Å². The van der Waals surface area contributed by atoms with Crippen LogP contribution < -0.4 is 21.1 Å². The third kappa shape index (κ3) is 4.27. The number of rotatable bonds is 6. The second-order valence-corrected chi connectivity index (χ2v) is 10.2. The van der Waals surface area contributed by atoms with Gasteiger partial charge in [-0.05, 0) is 56.3 Å². The van der Waals surface area contributed by atoms with Crippen molar-refractivity contribution in [3.05, 3.63) is 109 Å². The smallest absolute Gasteiger partial charge is 0.447 e. The summed E-state index contributed by atoms with van der Waals surface area (Å²) in [5.41, 5.74) is -0.339. The minimum absolute atomic E-state index is 0.178. The van der Waals surface area contributed by atoms with Gasteiger partial charge in [0.2, 0.25) is 0 Å². The molecule has 9 nitrogen and oxygen atoms in total. The molecule has 11 heteroatoms. The molecule has 1 atom stereocenters. The fraction of sp³-hybridized carbons (Fsp3) is 0.222. The zero-order chi connectivity index (χ0) is 27.2. The number of carbonyl (C=O) groups excluding carboxylic acids is 1. The predicted molar refractivity (Wildman–Crippen MR) is 145 cm³/mol. The van der Waals surface area contributed by atoms with Gasteiger partial charge in [-0.3, -0.25) is 4.90 Å². The number of halogens is 2. The Morgan fingerprint density at radius 2 is 1.53 bits per heavy atom. The molecule has 0 spiro atoms. The number of benzene rings is 3. The third-order valence-corrected chi connectivity index (χ3v) is 7.11. The molecule has 3 aromatic carbocycles. The molecule has 0 bridgehead atoms. The van der Waals surface area contributed by atoms with E-state index in [1.807, 2.05) is 24.3 Å². The van der Waals surface area contributed by atoms with Gasteiger partial charge >= 0.3 is 17.5 Å². The minimum atomic E-state index is -1.04. The maximum atomic E-state index is 14.0. The van der Waals surface area contributed by atoms with Crippen molar-refractivity contribution in [2.75, 3.05) is 12.0 Å². The molecule has 0 radical (unpaired) electrons. The van der Waals surface area contributed by atoms with Crippen molar-refractivity contribution in [1.29, 1.82) is 0 Å². The van der Waals surface area contributed by atoms with Crippen LogP contribution in [-0.2, 0) is 6.54 Å². The molecule has 0 N–H and O–H groups in total. The Hall–Kier alpha value is -3.95. The maximum Gasteiger partial charge on any atom is 0.447 e. The first-order chi connectivity index (χ1) is 18.1. The SMILES string of the molecule is COc1ccccc1CN1C(=O)N(c2cccc(Cl)c2)C(n2oc(=O)n(-c3cccc(Cl)c3)c2=O)C1(C)C. The normalized spacial score (nSPS) is 16.8. The second kappa shape index (κ2) is 9.74. The van der Waals surface area contributed by atoms with E-state index < -0.39 is 29.2 Å². The van der Waals surface area contributed by atoms with Crippen molar-refractivity contribution >= 4 is 34.9 Å². The summed E-state index contributed by atoms with van der Waals surface area (Å²) in [6, 6.07) is 20.0. The van der Waals surface area contributed by atoms with Crippen LogP contribution in [0, 0.1) is 0 Å². The predicted octanol–water partition coefficient (Wildman–Crippen LogP) is 5.33. The average Bonchev–Trinajstić information content (AvgIpc) is 3.27. The number of amides is 2.